The Labute approximate surface area is 201 Å². The van der Waals surface area contributed by atoms with Crippen LogP contribution in [-0.4, -0.2) is 78.2 Å². The predicted molar refractivity (Wildman–Crippen MR) is 127 cm³/mol. The zero-order chi connectivity index (χ0) is 21.8. The number of carbonyl (C=O) groups is 1. The third kappa shape index (κ3) is 4.27. The second-order valence-electron chi connectivity index (χ2n) is 7.94. The lowest BCUT2D eigenvalue weighted by Gasteiger charge is -2.33. The molecule has 0 unspecified atom stereocenters. The van der Waals surface area contributed by atoms with Crippen LogP contribution in [0.1, 0.15) is 20.4 Å². The van der Waals surface area contributed by atoms with Crippen molar-refractivity contribution in [1.29, 1.82) is 0 Å². The quantitative estimate of drug-likeness (QED) is 0.579. The first kappa shape index (κ1) is 23.5. The van der Waals surface area contributed by atoms with Gasteiger partial charge in [0, 0.05) is 66.5 Å². The van der Waals surface area contributed by atoms with E-state index in [1.807, 2.05) is 0 Å². The molecule has 1 N–H and O–H groups in total. The lowest BCUT2D eigenvalue weighted by atomic mass is 10.2. The van der Waals surface area contributed by atoms with Crippen LogP contribution in [0.15, 0.2) is 29.3 Å². The molecule has 2 aromatic heterocycles. The maximum absolute atomic E-state index is 13.1. The first-order chi connectivity index (χ1) is 14.8. The Hall–Kier alpha value is -1.69. The number of benzene rings is 1. The smallest absolute Gasteiger partial charge is 0.282 e. The van der Waals surface area contributed by atoms with E-state index in [2.05, 4.69) is 21.9 Å². The summed E-state index contributed by atoms with van der Waals surface area (Å²) in [5, 5.41) is 1.95. The van der Waals surface area contributed by atoms with Gasteiger partial charge in [0.1, 0.15) is 5.03 Å². The number of H-pyrrole nitrogens is 1. The van der Waals surface area contributed by atoms with Crippen molar-refractivity contribution in [2.45, 2.75) is 18.0 Å². The van der Waals surface area contributed by atoms with E-state index in [-0.39, 0.29) is 36.4 Å². The largest absolute Gasteiger partial charge is 0.345 e. The summed E-state index contributed by atoms with van der Waals surface area (Å²) in [7, 11) is -1.62. The molecule has 1 saturated heterocycles. The van der Waals surface area contributed by atoms with Crippen LogP contribution >= 0.6 is 35.3 Å². The summed E-state index contributed by atoms with van der Waals surface area (Å²) >= 11 is 7.47. The molecule has 0 atom stereocenters. The van der Waals surface area contributed by atoms with Crippen molar-refractivity contribution in [2.24, 2.45) is 0 Å². The molecule has 0 spiro atoms. The van der Waals surface area contributed by atoms with Crippen molar-refractivity contribution >= 4 is 62.2 Å². The van der Waals surface area contributed by atoms with Gasteiger partial charge in [-0.3, -0.25) is 4.79 Å². The standard InChI is InChI=1S/C20H22ClN5O3S2.ClH/c1-24-5-4-16-17(12-24)30-19(23-16)20(27)25-6-8-26(9-7-25)31(28,29)18-11-13-10-14(21)2-3-15(13)22-18;/h2-3,10-11,22H,4-9,12H2,1H3;1H. The SMILES string of the molecule is CN1CCc2nc(C(=O)N3CCN(S(=O)(=O)c4cc5cc(Cl)ccc5[nH]4)CC3)sc2C1.Cl. The molecule has 3 aromatic rings. The van der Waals surface area contributed by atoms with Gasteiger partial charge in [0.05, 0.1) is 5.69 Å². The minimum atomic E-state index is -3.68. The van der Waals surface area contributed by atoms with Crippen molar-refractivity contribution in [3.8, 4) is 0 Å². The van der Waals surface area contributed by atoms with Crippen LogP contribution < -0.4 is 0 Å². The first-order valence-corrected chi connectivity index (χ1v) is 12.7. The Morgan fingerprint density at radius 3 is 2.66 bits per heavy atom. The number of rotatable bonds is 3. The molecule has 12 heteroatoms. The van der Waals surface area contributed by atoms with Gasteiger partial charge in [0.2, 0.25) is 0 Å². The van der Waals surface area contributed by atoms with Crippen LogP contribution in [-0.2, 0) is 23.0 Å². The molecular formula is C20H23Cl2N5O3S2. The van der Waals surface area contributed by atoms with Gasteiger partial charge in [-0.15, -0.1) is 23.7 Å². The number of likely N-dealkylation sites (N-methyl/N-ethyl adjacent to an activating group) is 1. The number of aromatic amines is 1. The maximum atomic E-state index is 13.1. The van der Waals surface area contributed by atoms with Gasteiger partial charge < -0.3 is 14.8 Å². The van der Waals surface area contributed by atoms with E-state index in [4.69, 9.17) is 11.6 Å². The van der Waals surface area contributed by atoms with E-state index >= 15 is 0 Å². The van der Waals surface area contributed by atoms with Crippen molar-refractivity contribution in [2.75, 3.05) is 39.8 Å². The zero-order valence-electron chi connectivity index (χ0n) is 17.4. The fourth-order valence-electron chi connectivity index (χ4n) is 4.04. The van der Waals surface area contributed by atoms with Gasteiger partial charge in [-0.05, 0) is 31.3 Å². The molecule has 32 heavy (non-hydrogen) atoms. The number of thiazole rings is 1. The monoisotopic (exact) mass is 515 g/mol. The Balaban J connectivity index is 0.00000245. The Kier molecular flexibility index (Phi) is 6.54. The van der Waals surface area contributed by atoms with Crippen LogP contribution in [0.2, 0.25) is 5.02 Å². The topological polar surface area (TPSA) is 89.6 Å². The maximum Gasteiger partial charge on any atom is 0.282 e. The van der Waals surface area contributed by atoms with Crippen molar-refractivity contribution in [3.05, 3.63) is 44.9 Å². The fourth-order valence-corrected chi connectivity index (χ4v) is 6.81. The number of halogens is 2. The number of hydrogen-bond donors (Lipinski definition) is 1. The molecule has 1 aromatic carbocycles. The lowest BCUT2D eigenvalue weighted by Crippen LogP contribution is -2.50. The molecule has 1 amide bonds. The normalized spacial score (nSPS) is 17.9. The van der Waals surface area contributed by atoms with E-state index in [0.29, 0.717) is 23.1 Å². The molecule has 5 rings (SSSR count). The number of nitrogens with zero attached hydrogens (tertiary/aromatic N) is 4. The number of carbonyl (C=O) groups excluding carboxylic acids is 1. The van der Waals surface area contributed by atoms with Crippen LogP contribution in [0.3, 0.4) is 0 Å². The van der Waals surface area contributed by atoms with E-state index in [1.54, 1.807) is 29.2 Å². The number of amides is 1. The highest BCUT2D eigenvalue weighted by Crippen LogP contribution is 2.27. The van der Waals surface area contributed by atoms with Crippen LogP contribution in [0.25, 0.3) is 10.9 Å². The molecular weight excluding hydrogens is 493 g/mol. The van der Waals surface area contributed by atoms with Gasteiger partial charge in [-0.1, -0.05) is 11.6 Å². The molecule has 1 fully saturated rings. The first-order valence-electron chi connectivity index (χ1n) is 10.1. The zero-order valence-corrected chi connectivity index (χ0v) is 20.6. The predicted octanol–water partition coefficient (Wildman–Crippen LogP) is 2.83. The Bertz CT molecular complexity index is 1270. The number of piperazine rings is 1. The molecule has 2 aliphatic heterocycles. The summed E-state index contributed by atoms with van der Waals surface area (Å²) in [5.41, 5.74) is 1.74. The fraction of sp³-hybridized carbons (Fsp3) is 0.400. The van der Waals surface area contributed by atoms with Crippen LogP contribution in [0.4, 0.5) is 0 Å². The van der Waals surface area contributed by atoms with Gasteiger partial charge in [-0.2, -0.15) is 4.31 Å². The van der Waals surface area contributed by atoms with E-state index < -0.39 is 10.0 Å². The molecule has 2 aliphatic rings. The highest BCUT2D eigenvalue weighted by atomic mass is 35.5. The third-order valence-corrected chi connectivity index (χ3v) is 8.93. The molecule has 0 radical (unpaired) electrons. The number of nitrogens with one attached hydrogen (secondary N) is 1. The van der Waals surface area contributed by atoms with Crippen LogP contribution in [0, 0.1) is 0 Å². The second kappa shape index (κ2) is 8.92. The van der Waals surface area contributed by atoms with Crippen molar-refractivity contribution in [1.82, 2.24) is 24.1 Å². The number of sulfonamides is 1. The number of fused-ring (bicyclic) bond motifs is 2. The summed E-state index contributed by atoms with van der Waals surface area (Å²) in [5.74, 6) is -0.112. The van der Waals surface area contributed by atoms with Gasteiger partial charge in [0.25, 0.3) is 15.9 Å². The summed E-state index contributed by atoms with van der Waals surface area (Å²) < 4.78 is 27.6. The molecule has 4 heterocycles. The van der Waals surface area contributed by atoms with Crippen molar-refractivity contribution in [3.63, 3.8) is 0 Å². The summed E-state index contributed by atoms with van der Waals surface area (Å²) in [6.07, 6.45) is 0.858. The van der Waals surface area contributed by atoms with E-state index in [1.165, 1.54) is 15.6 Å². The van der Waals surface area contributed by atoms with E-state index in [9.17, 15) is 13.2 Å². The lowest BCUT2D eigenvalue weighted by molar-refractivity contribution is 0.0697. The van der Waals surface area contributed by atoms with Gasteiger partial charge in [0.15, 0.2) is 5.01 Å². The van der Waals surface area contributed by atoms with E-state index in [0.717, 1.165) is 41.0 Å². The molecule has 0 bridgehead atoms. The Morgan fingerprint density at radius 2 is 1.91 bits per heavy atom. The van der Waals surface area contributed by atoms with Crippen molar-refractivity contribution < 1.29 is 13.2 Å². The Morgan fingerprint density at radius 1 is 1.16 bits per heavy atom. The molecule has 172 valence electrons. The molecule has 0 aliphatic carbocycles. The van der Waals surface area contributed by atoms with Crippen LogP contribution in [0.5, 0.6) is 0 Å². The highest BCUT2D eigenvalue weighted by Gasteiger charge is 2.33. The summed E-state index contributed by atoms with van der Waals surface area (Å²) in [6.45, 7) is 2.95. The average Bonchev–Trinajstić information content (AvgIpc) is 3.37. The number of hydrogen-bond acceptors (Lipinski definition) is 6. The van der Waals surface area contributed by atoms with Gasteiger partial charge >= 0.3 is 0 Å². The molecule has 0 saturated carbocycles. The van der Waals surface area contributed by atoms with Gasteiger partial charge in [-0.25, -0.2) is 13.4 Å². The molecule has 8 nitrogen and oxygen atoms in total. The third-order valence-electron chi connectivity index (χ3n) is 5.81. The number of aromatic nitrogens is 2. The minimum Gasteiger partial charge on any atom is -0.345 e. The highest BCUT2D eigenvalue weighted by molar-refractivity contribution is 7.89. The summed E-state index contributed by atoms with van der Waals surface area (Å²) in [6, 6.07) is 6.81. The second-order valence-corrected chi connectivity index (χ2v) is 11.4. The average molecular weight is 516 g/mol. The summed E-state index contributed by atoms with van der Waals surface area (Å²) in [4.78, 5) is 25.5. The minimum absolute atomic E-state index is 0.